The first-order valence-corrected chi connectivity index (χ1v) is 9.50. The van der Waals surface area contributed by atoms with Gasteiger partial charge < -0.3 is 21.7 Å². The van der Waals surface area contributed by atoms with Crippen LogP contribution in [0, 0.1) is 5.41 Å². The molecule has 5 N–H and O–H groups in total. The van der Waals surface area contributed by atoms with Gasteiger partial charge in [0.05, 0.1) is 6.20 Å². The van der Waals surface area contributed by atoms with E-state index < -0.39 is 0 Å². The van der Waals surface area contributed by atoms with Crippen molar-refractivity contribution in [2.24, 2.45) is 21.9 Å². The molecule has 0 amide bonds. The van der Waals surface area contributed by atoms with Crippen LogP contribution >= 0.6 is 11.6 Å². The largest absolute Gasteiger partial charge is 0.402 e. The molecule has 26 heavy (non-hydrogen) atoms. The van der Waals surface area contributed by atoms with Crippen molar-refractivity contribution >= 4 is 29.2 Å². The van der Waals surface area contributed by atoms with E-state index in [1.165, 1.54) is 19.3 Å². The molecular weight excluding hydrogens is 350 g/mol. The van der Waals surface area contributed by atoms with Gasteiger partial charge in [-0.15, -0.1) is 0 Å². The molecule has 0 unspecified atom stereocenters. The number of allylic oxidation sites excluding steroid dienone is 1. The molecule has 142 valence electrons. The number of hydrogen-bond acceptors (Lipinski definition) is 6. The summed E-state index contributed by atoms with van der Waals surface area (Å²) in [5.41, 5.74) is 12.6. The second kappa shape index (κ2) is 7.80. The first-order chi connectivity index (χ1) is 12.4. The Kier molecular flexibility index (Phi) is 5.67. The summed E-state index contributed by atoms with van der Waals surface area (Å²) in [5, 5.41) is 3.88. The Hall–Kier alpha value is -1.86. The Balaban J connectivity index is 1.73. The van der Waals surface area contributed by atoms with Crippen molar-refractivity contribution in [1.29, 1.82) is 0 Å². The van der Waals surface area contributed by atoms with Gasteiger partial charge in [-0.1, -0.05) is 11.6 Å². The normalized spacial score (nSPS) is 27.1. The van der Waals surface area contributed by atoms with E-state index in [1.807, 2.05) is 7.05 Å². The Labute approximate surface area is 159 Å². The van der Waals surface area contributed by atoms with Crippen LogP contribution in [0.15, 0.2) is 23.0 Å². The number of amidine groups is 1. The van der Waals surface area contributed by atoms with E-state index in [2.05, 4.69) is 25.2 Å². The van der Waals surface area contributed by atoms with Crippen molar-refractivity contribution in [2.45, 2.75) is 45.1 Å². The lowest BCUT2D eigenvalue weighted by Gasteiger charge is -2.40. The van der Waals surface area contributed by atoms with E-state index in [0.29, 0.717) is 33.9 Å². The number of nitrogens with two attached hydrogens (primary N) is 2. The lowest BCUT2D eigenvalue weighted by molar-refractivity contribution is 0.197. The Morgan fingerprint density at radius 1 is 1.38 bits per heavy atom. The second-order valence-corrected chi connectivity index (χ2v) is 7.94. The van der Waals surface area contributed by atoms with Crippen molar-refractivity contribution in [3.05, 3.63) is 23.0 Å². The van der Waals surface area contributed by atoms with Crippen LogP contribution in [0.3, 0.4) is 0 Å². The van der Waals surface area contributed by atoms with Crippen molar-refractivity contribution in [3.8, 4) is 0 Å². The third-order valence-electron chi connectivity index (χ3n) is 5.53. The smallest absolute Gasteiger partial charge is 0.227 e. The van der Waals surface area contributed by atoms with Gasteiger partial charge in [0.1, 0.15) is 10.9 Å². The fourth-order valence-electron chi connectivity index (χ4n) is 3.97. The summed E-state index contributed by atoms with van der Waals surface area (Å²) in [5.74, 6) is 1.26. The van der Waals surface area contributed by atoms with Crippen molar-refractivity contribution in [3.63, 3.8) is 0 Å². The Morgan fingerprint density at radius 3 is 2.73 bits per heavy atom. The number of nitrogens with zero attached hydrogens (tertiary/aromatic N) is 4. The number of aromatic nitrogens is 2. The maximum absolute atomic E-state index is 6.18. The number of hydrogen-bond donors (Lipinski definition) is 3. The van der Waals surface area contributed by atoms with Gasteiger partial charge in [0, 0.05) is 25.3 Å². The molecule has 1 aliphatic heterocycles. The highest BCUT2D eigenvalue weighted by Gasteiger charge is 2.38. The summed E-state index contributed by atoms with van der Waals surface area (Å²) in [7, 11) is 2.04. The van der Waals surface area contributed by atoms with Crippen molar-refractivity contribution in [2.75, 3.05) is 25.0 Å². The molecule has 0 radical (unpaired) electrons. The van der Waals surface area contributed by atoms with E-state index in [1.54, 1.807) is 19.2 Å². The van der Waals surface area contributed by atoms with Crippen molar-refractivity contribution in [1.82, 2.24) is 15.3 Å². The predicted molar refractivity (Wildman–Crippen MR) is 107 cm³/mol. The lowest BCUT2D eigenvalue weighted by Crippen LogP contribution is -2.40. The van der Waals surface area contributed by atoms with Gasteiger partial charge in [0.2, 0.25) is 5.95 Å². The average molecular weight is 378 g/mol. The first kappa shape index (κ1) is 18.9. The lowest BCUT2D eigenvalue weighted by atomic mass is 9.72. The maximum atomic E-state index is 6.18. The number of rotatable bonds is 4. The first-order valence-electron chi connectivity index (χ1n) is 9.13. The molecule has 2 fully saturated rings. The van der Waals surface area contributed by atoms with Gasteiger partial charge in [-0.2, -0.15) is 4.98 Å². The Morgan fingerprint density at radius 2 is 2.12 bits per heavy atom. The molecule has 0 atom stereocenters. The molecule has 3 rings (SSSR count). The number of halogens is 1. The van der Waals surface area contributed by atoms with E-state index in [-0.39, 0.29) is 5.84 Å². The third-order valence-corrected chi connectivity index (χ3v) is 5.80. The molecule has 0 bridgehead atoms. The van der Waals surface area contributed by atoms with E-state index in [9.17, 15) is 0 Å². The van der Waals surface area contributed by atoms with E-state index in [0.717, 1.165) is 25.9 Å². The molecule has 1 aliphatic carbocycles. The monoisotopic (exact) mass is 377 g/mol. The fraction of sp³-hybridized carbons (Fsp3) is 0.611. The van der Waals surface area contributed by atoms with Crippen LogP contribution in [0.4, 0.5) is 11.8 Å². The summed E-state index contributed by atoms with van der Waals surface area (Å²) in [6, 6.07) is 0.433. The minimum absolute atomic E-state index is 0.271. The van der Waals surface area contributed by atoms with Crippen molar-refractivity contribution < 1.29 is 0 Å². The molecular formula is C18H28ClN7. The molecule has 1 spiro atoms. The average Bonchev–Trinajstić information content (AvgIpc) is 3.04. The molecule has 2 heterocycles. The van der Waals surface area contributed by atoms with Crippen LogP contribution in [0.25, 0.3) is 0 Å². The highest BCUT2D eigenvalue weighted by molar-refractivity contribution is 6.32. The maximum Gasteiger partial charge on any atom is 0.227 e. The van der Waals surface area contributed by atoms with Crippen LogP contribution in [0.1, 0.15) is 39.0 Å². The molecule has 1 saturated heterocycles. The molecule has 2 aliphatic rings. The molecule has 1 aromatic heterocycles. The highest BCUT2D eigenvalue weighted by Crippen LogP contribution is 2.42. The van der Waals surface area contributed by atoms with Gasteiger partial charge in [-0.3, -0.25) is 0 Å². The zero-order chi connectivity index (χ0) is 18.7. The molecule has 1 aromatic rings. The van der Waals surface area contributed by atoms with Crippen LogP contribution < -0.4 is 21.7 Å². The topological polar surface area (TPSA) is 105 Å². The second-order valence-electron chi connectivity index (χ2n) is 7.54. The minimum atomic E-state index is 0.271. The summed E-state index contributed by atoms with van der Waals surface area (Å²) in [4.78, 5) is 15.3. The fourth-order valence-corrected chi connectivity index (χ4v) is 4.11. The van der Waals surface area contributed by atoms with E-state index >= 15 is 0 Å². The Bertz CT molecular complexity index is 695. The zero-order valence-electron chi connectivity index (χ0n) is 15.5. The van der Waals surface area contributed by atoms with Gasteiger partial charge in [0.25, 0.3) is 0 Å². The highest BCUT2D eigenvalue weighted by atomic mass is 35.5. The molecule has 8 heteroatoms. The van der Waals surface area contributed by atoms with Crippen LogP contribution in [0.5, 0.6) is 0 Å². The zero-order valence-corrected chi connectivity index (χ0v) is 16.3. The number of nitrogens with one attached hydrogen (secondary N) is 1. The molecule has 1 saturated carbocycles. The third kappa shape index (κ3) is 4.27. The van der Waals surface area contributed by atoms with Gasteiger partial charge in [-0.05, 0) is 57.1 Å². The minimum Gasteiger partial charge on any atom is -0.402 e. The standard InChI is InChI=1S/C18H28ClN7/c1-12(20)9-15(21)24-16-14(19)10-23-17(25-16)26(2)13-3-5-18(6-4-13)7-8-22-11-18/h9-10,13,22H,3-8,11,20H2,1-2H3,(H2,21,23,24,25)/b12-9-. The predicted octanol–water partition coefficient (Wildman–Crippen LogP) is 2.34. The summed E-state index contributed by atoms with van der Waals surface area (Å²) >= 11 is 6.18. The number of aliphatic imine (C=N–C) groups is 1. The summed E-state index contributed by atoms with van der Waals surface area (Å²) in [6.45, 7) is 4.06. The quantitative estimate of drug-likeness (QED) is 0.549. The SMILES string of the molecule is C/C(N)=C/C(N)=Nc1nc(N(C)C2CCC3(CCNC3)CC2)ncc1Cl. The molecule has 7 nitrogen and oxygen atoms in total. The van der Waals surface area contributed by atoms with Gasteiger partial charge in [-0.25, -0.2) is 9.98 Å². The van der Waals surface area contributed by atoms with E-state index in [4.69, 9.17) is 23.1 Å². The van der Waals surface area contributed by atoms with Crippen LogP contribution in [-0.4, -0.2) is 42.0 Å². The van der Waals surface area contributed by atoms with Gasteiger partial charge >= 0.3 is 0 Å². The van der Waals surface area contributed by atoms with Crippen LogP contribution in [0.2, 0.25) is 5.02 Å². The molecule has 0 aromatic carbocycles. The van der Waals surface area contributed by atoms with Gasteiger partial charge in [0.15, 0.2) is 5.82 Å². The van der Waals surface area contributed by atoms with Crippen LogP contribution in [-0.2, 0) is 0 Å². The number of anilines is 1. The summed E-state index contributed by atoms with van der Waals surface area (Å²) in [6.07, 6.45) is 9.27. The summed E-state index contributed by atoms with van der Waals surface area (Å²) < 4.78 is 0.